The van der Waals surface area contributed by atoms with Crippen LogP contribution < -0.4 is 5.73 Å². The Morgan fingerprint density at radius 1 is 1.55 bits per heavy atom. The number of carbonyl (C=O) groups excluding carboxylic acids is 1. The van der Waals surface area contributed by atoms with Gasteiger partial charge in [-0.15, -0.1) is 0 Å². The predicted molar refractivity (Wildman–Crippen MR) is 70.2 cm³/mol. The van der Waals surface area contributed by atoms with Crippen LogP contribution in [0.2, 0.25) is 0 Å². The van der Waals surface area contributed by atoms with E-state index in [9.17, 15) is 9.18 Å². The van der Waals surface area contributed by atoms with Crippen molar-refractivity contribution in [2.75, 3.05) is 19.7 Å². The number of benzene rings is 1. The molecule has 0 bridgehead atoms. The van der Waals surface area contributed by atoms with Crippen molar-refractivity contribution >= 4 is 11.7 Å². The highest BCUT2D eigenvalue weighted by Gasteiger charge is 2.27. The van der Waals surface area contributed by atoms with Crippen LogP contribution in [0.1, 0.15) is 15.9 Å². The number of ether oxygens (including phenoxy) is 1. The van der Waals surface area contributed by atoms with Gasteiger partial charge in [-0.25, -0.2) is 4.39 Å². The molecule has 1 aliphatic rings. The van der Waals surface area contributed by atoms with Crippen LogP contribution in [-0.2, 0) is 4.74 Å². The number of oxime groups is 1. The molecule has 20 heavy (non-hydrogen) atoms. The summed E-state index contributed by atoms with van der Waals surface area (Å²) in [4.78, 5) is 13.8. The van der Waals surface area contributed by atoms with Gasteiger partial charge < -0.3 is 20.6 Å². The monoisotopic (exact) mass is 281 g/mol. The molecule has 1 fully saturated rings. The summed E-state index contributed by atoms with van der Waals surface area (Å²) in [5, 5.41) is 11.5. The smallest absolute Gasteiger partial charge is 0.254 e. The summed E-state index contributed by atoms with van der Waals surface area (Å²) in [6, 6.07) is 4.18. The maximum absolute atomic E-state index is 13.3. The van der Waals surface area contributed by atoms with Gasteiger partial charge in [0.2, 0.25) is 0 Å². The van der Waals surface area contributed by atoms with E-state index in [2.05, 4.69) is 5.16 Å². The van der Waals surface area contributed by atoms with E-state index in [4.69, 9.17) is 15.7 Å². The molecule has 0 aliphatic carbocycles. The maximum atomic E-state index is 13.3. The summed E-state index contributed by atoms with van der Waals surface area (Å²) in [6.45, 7) is 2.55. The molecule has 0 spiro atoms. The molecular formula is C13H16FN3O3. The van der Waals surface area contributed by atoms with E-state index in [-0.39, 0.29) is 30.5 Å². The first kappa shape index (κ1) is 14.3. The molecule has 1 aromatic carbocycles. The Kier molecular flexibility index (Phi) is 4.19. The van der Waals surface area contributed by atoms with Crippen LogP contribution in [0.4, 0.5) is 4.39 Å². The zero-order chi connectivity index (χ0) is 14.7. The van der Waals surface area contributed by atoms with Crippen molar-refractivity contribution < 1.29 is 19.1 Å². The molecule has 0 saturated carbocycles. The van der Waals surface area contributed by atoms with Gasteiger partial charge in [-0.1, -0.05) is 5.16 Å². The number of hydrogen-bond acceptors (Lipinski definition) is 4. The molecule has 1 atom stereocenters. The van der Waals surface area contributed by atoms with Crippen molar-refractivity contribution in [3.8, 4) is 0 Å². The molecule has 1 amide bonds. The highest BCUT2D eigenvalue weighted by molar-refractivity contribution is 5.95. The molecule has 108 valence electrons. The lowest BCUT2D eigenvalue weighted by molar-refractivity contribution is 0.00673. The SMILES string of the molecule is Cc1cc(F)cc(C(=O)N2CCOC(/C(N)=N/O)C2)c1. The molecule has 1 unspecified atom stereocenters. The van der Waals surface area contributed by atoms with Crippen LogP contribution in [-0.4, -0.2) is 47.7 Å². The molecule has 6 nitrogen and oxygen atoms in total. The molecule has 0 radical (unpaired) electrons. The van der Waals surface area contributed by atoms with Crippen molar-refractivity contribution in [1.82, 2.24) is 4.90 Å². The Bertz CT molecular complexity index is 527. The van der Waals surface area contributed by atoms with Gasteiger partial charge in [-0.05, 0) is 30.7 Å². The number of aryl methyl sites for hydroxylation is 1. The van der Waals surface area contributed by atoms with Crippen LogP contribution in [0.3, 0.4) is 0 Å². The highest BCUT2D eigenvalue weighted by Crippen LogP contribution is 2.14. The molecule has 1 aromatic rings. The summed E-state index contributed by atoms with van der Waals surface area (Å²) in [5.41, 5.74) is 6.43. The zero-order valence-corrected chi connectivity index (χ0v) is 11.0. The number of carbonyl (C=O) groups is 1. The summed E-state index contributed by atoms with van der Waals surface area (Å²) in [5.74, 6) is -0.834. The van der Waals surface area contributed by atoms with Gasteiger partial charge >= 0.3 is 0 Å². The van der Waals surface area contributed by atoms with Gasteiger partial charge in [-0.2, -0.15) is 0 Å². The number of amides is 1. The van der Waals surface area contributed by atoms with E-state index in [1.165, 1.54) is 17.0 Å². The largest absolute Gasteiger partial charge is 0.409 e. The third-order valence-corrected chi connectivity index (χ3v) is 3.09. The first-order chi connectivity index (χ1) is 9.51. The van der Waals surface area contributed by atoms with Crippen molar-refractivity contribution in [2.45, 2.75) is 13.0 Å². The Balaban J connectivity index is 2.16. The maximum Gasteiger partial charge on any atom is 0.254 e. The quantitative estimate of drug-likeness (QED) is 0.362. The standard InChI is InChI=1S/C13H16FN3O3/c1-8-4-9(6-10(14)5-8)13(18)17-2-3-20-11(7-17)12(15)16-19/h4-6,11,19H,2-3,7H2,1H3,(H2,15,16). The highest BCUT2D eigenvalue weighted by atomic mass is 19.1. The lowest BCUT2D eigenvalue weighted by Gasteiger charge is -2.32. The molecule has 1 heterocycles. The number of halogens is 1. The number of nitrogens with zero attached hydrogens (tertiary/aromatic N) is 2. The number of hydrogen-bond donors (Lipinski definition) is 2. The Morgan fingerprint density at radius 3 is 2.95 bits per heavy atom. The number of morpholine rings is 1. The fraction of sp³-hybridized carbons (Fsp3) is 0.385. The van der Waals surface area contributed by atoms with Crippen LogP contribution in [0, 0.1) is 12.7 Å². The fourth-order valence-corrected chi connectivity index (χ4v) is 2.12. The topological polar surface area (TPSA) is 88.2 Å². The second kappa shape index (κ2) is 5.87. The van der Waals surface area contributed by atoms with Gasteiger partial charge in [0.1, 0.15) is 11.9 Å². The second-order valence-corrected chi connectivity index (χ2v) is 4.65. The molecule has 3 N–H and O–H groups in total. The molecular weight excluding hydrogens is 265 g/mol. The van der Waals surface area contributed by atoms with Gasteiger partial charge in [0.05, 0.1) is 13.2 Å². The van der Waals surface area contributed by atoms with Crippen LogP contribution in [0.15, 0.2) is 23.4 Å². The number of nitrogens with two attached hydrogens (primary N) is 1. The van der Waals surface area contributed by atoms with Crippen molar-refractivity contribution in [3.63, 3.8) is 0 Å². The van der Waals surface area contributed by atoms with Crippen LogP contribution >= 0.6 is 0 Å². The zero-order valence-electron chi connectivity index (χ0n) is 11.0. The lowest BCUT2D eigenvalue weighted by atomic mass is 10.1. The van der Waals surface area contributed by atoms with E-state index in [1.807, 2.05) is 0 Å². The second-order valence-electron chi connectivity index (χ2n) is 4.65. The predicted octanol–water partition coefficient (Wildman–Crippen LogP) is 0.722. The third kappa shape index (κ3) is 3.05. The number of amidine groups is 1. The lowest BCUT2D eigenvalue weighted by Crippen LogP contribution is -2.50. The summed E-state index contributed by atoms with van der Waals surface area (Å²) in [6.07, 6.45) is -0.646. The van der Waals surface area contributed by atoms with Gasteiger partial charge in [0.25, 0.3) is 5.91 Å². The van der Waals surface area contributed by atoms with E-state index >= 15 is 0 Å². The van der Waals surface area contributed by atoms with Crippen molar-refractivity contribution in [1.29, 1.82) is 0 Å². The molecule has 1 aliphatic heterocycles. The minimum Gasteiger partial charge on any atom is -0.409 e. The first-order valence-corrected chi connectivity index (χ1v) is 6.16. The minimum absolute atomic E-state index is 0.0853. The minimum atomic E-state index is -0.646. The number of rotatable bonds is 2. The summed E-state index contributed by atoms with van der Waals surface area (Å²) >= 11 is 0. The van der Waals surface area contributed by atoms with E-state index < -0.39 is 11.9 Å². The molecule has 1 saturated heterocycles. The van der Waals surface area contributed by atoms with Crippen LogP contribution in [0.5, 0.6) is 0 Å². The normalized spacial score (nSPS) is 20.0. The average molecular weight is 281 g/mol. The van der Waals surface area contributed by atoms with E-state index in [1.54, 1.807) is 13.0 Å². The molecule has 2 rings (SSSR count). The Hall–Kier alpha value is -2.15. The molecule has 7 heteroatoms. The fourth-order valence-electron chi connectivity index (χ4n) is 2.12. The van der Waals surface area contributed by atoms with E-state index in [0.29, 0.717) is 12.1 Å². The van der Waals surface area contributed by atoms with Crippen molar-refractivity contribution in [2.24, 2.45) is 10.9 Å². The van der Waals surface area contributed by atoms with Gasteiger partial charge in [-0.3, -0.25) is 4.79 Å². The third-order valence-electron chi connectivity index (χ3n) is 3.09. The van der Waals surface area contributed by atoms with Crippen molar-refractivity contribution in [3.05, 3.63) is 35.1 Å². The molecule has 0 aromatic heterocycles. The van der Waals surface area contributed by atoms with Gasteiger partial charge in [0, 0.05) is 12.1 Å². The van der Waals surface area contributed by atoms with E-state index in [0.717, 1.165) is 0 Å². The Morgan fingerprint density at radius 2 is 2.30 bits per heavy atom. The summed E-state index contributed by atoms with van der Waals surface area (Å²) in [7, 11) is 0. The summed E-state index contributed by atoms with van der Waals surface area (Å²) < 4.78 is 18.7. The first-order valence-electron chi connectivity index (χ1n) is 6.16. The van der Waals surface area contributed by atoms with Gasteiger partial charge in [0.15, 0.2) is 5.84 Å². The van der Waals surface area contributed by atoms with Crippen LogP contribution in [0.25, 0.3) is 0 Å². The average Bonchev–Trinajstić information content (AvgIpc) is 2.44. The Labute approximate surface area is 115 Å².